The van der Waals surface area contributed by atoms with Crippen LogP contribution in [-0.4, -0.2) is 47.2 Å². The van der Waals surface area contributed by atoms with Crippen LogP contribution in [0.25, 0.3) is 0 Å². The Bertz CT molecular complexity index is 282. The Morgan fingerprint density at radius 1 is 1.47 bits per heavy atom. The first-order valence-electron chi connectivity index (χ1n) is 6.33. The first-order chi connectivity index (χ1) is 7.67. The van der Waals surface area contributed by atoms with Crippen LogP contribution in [0.1, 0.15) is 41.0 Å². The third kappa shape index (κ3) is 3.68. The lowest BCUT2D eigenvalue weighted by Gasteiger charge is -2.39. The van der Waals surface area contributed by atoms with Crippen LogP contribution in [0.2, 0.25) is 0 Å². The van der Waals surface area contributed by atoms with Gasteiger partial charge in [0.15, 0.2) is 0 Å². The molecule has 1 amide bonds. The minimum absolute atomic E-state index is 0.0435. The van der Waals surface area contributed by atoms with Gasteiger partial charge in [0.1, 0.15) is 0 Å². The Kier molecular flexibility index (Phi) is 4.20. The van der Waals surface area contributed by atoms with E-state index in [0.29, 0.717) is 6.42 Å². The summed E-state index contributed by atoms with van der Waals surface area (Å²) in [5, 5.41) is 12.3. The summed E-state index contributed by atoms with van der Waals surface area (Å²) in [6.45, 7) is 12.1. The van der Waals surface area contributed by atoms with E-state index in [-0.39, 0.29) is 29.5 Å². The van der Waals surface area contributed by atoms with Crippen LogP contribution in [-0.2, 0) is 4.79 Å². The molecule has 0 aliphatic carbocycles. The highest BCUT2D eigenvalue weighted by molar-refractivity contribution is 5.83. The van der Waals surface area contributed by atoms with Gasteiger partial charge in [0.2, 0.25) is 5.91 Å². The number of hydrogen-bond donors (Lipinski definition) is 2. The van der Waals surface area contributed by atoms with E-state index < -0.39 is 0 Å². The van der Waals surface area contributed by atoms with E-state index in [0.717, 1.165) is 13.1 Å². The van der Waals surface area contributed by atoms with E-state index in [2.05, 4.69) is 39.9 Å². The van der Waals surface area contributed by atoms with Crippen molar-refractivity contribution < 1.29 is 9.90 Å². The second-order valence-corrected chi connectivity index (χ2v) is 6.71. The minimum Gasteiger partial charge on any atom is -0.396 e. The summed E-state index contributed by atoms with van der Waals surface area (Å²) in [4.78, 5) is 14.4. The second kappa shape index (κ2) is 4.94. The summed E-state index contributed by atoms with van der Waals surface area (Å²) in [5.41, 5.74) is -0.110. The molecule has 0 spiro atoms. The lowest BCUT2D eigenvalue weighted by Crippen LogP contribution is -2.52. The van der Waals surface area contributed by atoms with Gasteiger partial charge in [-0.25, -0.2) is 0 Å². The molecule has 1 heterocycles. The highest BCUT2D eigenvalue weighted by Gasteiger charge is 2.38. The zero-order valence-corrected chi connectivity index (χ0v) is 11.7. The molecular formula is C13H26N2O2. The predicted molar refractivity (Wildman–Crippen MR) is 68.7 cm³/mol. The smallest absolute Gasteiger partial charge is 0.240 e. The van der Waals surface area contributed by atoms with Crippen molar-refractivity contribution in [3.8, 4) is 0 Å². The molecule has 1 fully saturated rings. The van der Waals surface area contributed by atoms with Crippen molar-refractivity contribution >= 4 is 5.91 Å². The maximum Gasteiger partial charge on any atom is 0.240 e. The molecule has 4 nitrogen and oxygen atoms in total. The average Bonchev–Trinajstić information content (AvgIpc) is 2.28. The first kappa shape index (κ1) is 14.5. The number of carbonyl (C=O) groups is 1. The lowest BCUT2D eigenvalue weighted by molar-refractivity contribution is -0.138. The molecule has 1 saturated heterocycles. The van der Waals surface area contributed by atoms with Crippen molar-refractivity contribution in [2.75, 3.05) is 19.7 Å². The Hall–Kier alpha value is -0.610. The van der Waals surface area contributed by atoms with Crippen LogP contribution in [0.3, 0.4) is 0 Å². The summed E-state index contributed by atoms with van der Waals surface area (Å²) < 4.78 is 0. The van der Waals surface area contributed by atoms with Crippen LogP contribution in [0.4, 0.5) is 0 Å². The van der Waals surface area contributed by atoms with Crippen LogP contribution in [0, 0.1) is 5.41 Å². The average molecular weight is 242 g/mol. The van der Waals surface area contributed by atoms with Gasteiger partial charge >= 0.3 is 0 Å². The lowest BCUT2D eigenvalue weighted by atomic mass is 9.91. The number of aliphatic hydroxyl groups is 1. The molecule has 100 valence electrons. The maximum atomic E-state index is 12.4. The molecule has 1 unspecified atom stereocenters. The fourth-order valence-corrected chi connectivity index (χ4v) is 2.16. The third-order valence-corrected chi connectivity index (χ3v) is 3.20. The van der Waals surface area contributed by atoms with Gasteiger partial charge in [0.05, 0.1) is 6.04 Å². The van der Waals surface area contributed by atoms with E-state index in [1.54, 1.807) is 0 Å². The van der Waals surface area contributed by atoms with Crippen molar-refractivity contribution in [1.82, 2.24) is 10.2 Å². The number of carbonyl (C=O) groups excluding carboxylic acids is 1. The number of nitrogens with one attached hydrogen (secondary N) is 1. The molecular weight excluding hydrogens is 216 g/mol. The summed E-state index contributed by atoms with van der Waals surface area (Å²) in [6.07, 6.45) is 0.488. The van der Waals surface area contributed by atoms with E-state index in [1.807, 2.05) is 4.90 Å². The number of aliphatic hydroxyl groups excluding tert-OH is 1. The molecule has 1 atom stereocenters. The third-order valence-electron chi connectivity index (χ3n) is 3.20. The van der Waals surface area contributed by atoms with Crippen LogP contribution >= 0.6 is 0 Å². The Labute approximate surface area is 104 Å². The van der Waals surface area contributed by atoms with Crippen molar-refractivity contribution in [2.24, 2.45) is 5.41 Å². The van der Waals surface area contributed by atoms with Gasteiger partial charge in [-0.1, -0.05) is 13.8 Å². The molecule has 0 saturated carbocycles. The van der Waals surface area contributed by atoms with Gasteiger partial charge in [0, 0.05) is 25.2 Å². The van der Waals surface area contributed by atoms with Gasteiger partial charge in [-0.05, 0) is 32.6 Å². The van der Waals surface area contributed by atoms with Crippen molar-refractivity contribution in [3.63, 3.8) is 0 Å². The molecule has 0 radical (unpaired) electrons. The standard InChI is InChI=1S/C13H26N2O2/c1-12(2,3)15-9-13(4,5)8-14-10(6-7-16)11(15)17/h10,14,16H,6-9H2,1-5H3. The summed E-state index contributed by atoms with van der Waals surface area (Å²) >= 11 is 0. The van der Waals surface area contributed by atoms with Crippen molar-refractivity contribution in [3.05, 3.63) is 0 Å². The van der Waals surface area contributed by atoms with Gasteiger partial charge in [-0.2, -0.15) is 0 Å². The van der Waals surface area contributed by atoms with E-state index >= 15 is 0 Å². The number of rotatable bonds is 2. The van der Waals surface area contributed by atoms with Crippen LogP contribution < -0.4 is 5.32 Å². The summed E-state index contributed by atoms with van der Waals surface area (Å²) in [7, 11) is 0. The van der Waals surface area contributed by atoms with Gasteiger partial charge in [0.25, 0.3) is 0 Å². The highest BCUT2D eigenvalue weighted by Crippen LogP contribution is 2.26. The molecule has 2 N–H and O–H groups in total. The highest BCUT2D eigenvalue weighted by atomic mass is 16.3. The van der Waals surface area contributed by atoms with E-state index in [1.165, 1.54) is 0 Å². The zero-order chi connectivity index (χ0) is 13.3. The van der Waals surface area contributed by atoms with Crippen molar-refractivity contribution in [2.45, 2.75) is 52.6 Å². The predicted octanol–water partition coefficient (Wildman–Crippen LogP) is 0.994. The first-order valence-corrected chi connectivity index (χ1v) is 6.33. The normalized spacial score (nSPS) is 25.9. The molecule has 1 aliphatic rings. The Morgan fingerprint density at radius 2 is 2.06 bits per heavy atom. The van der Waals surface area contributed by atoms with Gasteiger partial charge in [-0.3, -0.25) is 4.79 Å². The van der Waals surface area contributed by atoms with Crippen molar-refractivity contribution in [1.29, 1.82) is 0 Å². The Balaban J connectivity index is 2.95. The van der Waals surface area contributed by atoms with Crippen LogP contribution in [0.15, 0.2) is 0 Å². The molecule has 0 aromatic carbocycles. The molecule has 1 rings (SSSR count). The van der Waals surface area contributed by atoms with Crippen LogP contribution in [0.5, 0.6) is 0 Å². The fourth-order valence-electron chi connectivity index (χ4n) is 2.16. The fraction of sp³-hybridized carbons (Fsp3) is 0.923. The minimum atomic E-state index is -0.249. The molecule has 4 heteroatoms. The van der Waals surface area contributed by atoms with Gasteiger partial charge < -0.3 is 15.3 Å². The Morgan fingerprint density at radius 3 is 2.53 bits per heavy atom. The molecule has 1 aliphatic heterocycles. The molecule has 0 aromatic heterocycles. The second-order valence-electron chi connectivity index (χ2n) is 6.71. The van der Waals surface area contributed by atoms with Gasteiger partial charge in [-0.15, -0.1) is 0 Å². The maximum absolute atomic E-state index is 12.4. The summed E-state index contributed by atoms with van der Waals surface area (Å²) in [6, 6.07) is -0.249. The molecule has 0 aromatic rings. The number of amides is 1. The topological polar surface area (TPSA) is 52.6 Å². The zero-order valence-electron chi connectivity index (χ0n) is 11.7. The molecule has 17 heavy (non-hydrogen) atoms. The number of nitrogens with zero attached hydrogens (tertiary/aromatic N) is 1. The SMILES string of the molecule is CC1(C)CNC(CCO)C(=O)N(C(C)(C)C)C1. The van der Waals surface area contributed by atoms with E-state index in [9.17, 15) is 4.79 Å². The number of hydrogen-bond acceptors (Lipinski definition) is 3. The largest absolute Gasteiger partial charge is 0.396 e. The van der Waals surface area contributed by atoms with E-state index in [4.69, 9.17) is 5.11 Å². The monoisotopic (exact) mass is 242 g/mol. The quantitative estimate of drug-likeness (QED) is 0.759. The summed E-state index contributed by atoms with van der Waals surface area (Å²) in [5.74, 6) is 0.108. The molecule has 0 bridgehead atoms.